The lowest BCUT2D eigenvalue weighted by Gasteiger charge is -2.33. The van der Waals surface area contributed by atoms with Crippen molar-refractivity contribution in [2.24, 2.45) is 5.14 Å². The molecular formula is C14H21ClN4O5S. The summed E-state index contributed by atoms with van der Waals surface area (Å²) < 4.78 is 33.6. The van der Waals surface area contributed by atoms with Crippen LogP contribution in [0.3, 0.4) is 0 Å². The Morgan fingerprint density at radius 2 is 2.28 bits per heavy atom. The molecule has 0 bridgehead atoms. The highest BCUT2D eigenvalue weighted by Crippen LogP contribution is 2.24. The van der Waals surface area contributed by atoms with Gasteiger partial charge in [0.2, 0.25) is 21.8 Å². The quantitative estimate of drug-likeness (QED) is 0.697. The lowest BCUT2D eigenvalue weighted by molar-refractivity contribution is -0.140. The van der Waals surface area contributed by atoms with Gasteiger partial charge in [0.25, 0.3) is 0 Å². The number of likely N-dealkylation sites (N-methyl/N-ethyl adjacent to an activating group) is 1. The minimum atomic E-state index is -3.88. The van der Waals surface area contributed by atoms with Crippen LogP contribution >= 0.6 is 11.6 Å². The minimum absolute atomic E-state index is 0.0203. The van der Waals surface area contributed by atoms with Gasteiger partial charge in [0.05, 0.1) is 25.9 Å². The van der Waals surface area contributed by atoms with E-state index < -0.39 is 10.0 Å². The maximum atomic E-state index is 12.1. The third-order valence-corrected chi connectivity index (χ3v) is 4.61. The molecule has 1 aromatic rings. The SMILES string of the molecule is CN(C)CC(=O)N1CCO[C@H](COc2ncc(S(N)(=O)=O)cc2Cl)C1. The lowest BCUT2D eigenvalue weighted by Crippen LogP contribution is -2.49. The first-order valence-corrected chi connectivity index (χ1v) is 9.44. The first kappa shape index (κ1) is 19.9. The zero-order valence-electron chi connectivity index (χ0n) is 14.0. The van der Waals surface area contributed by atoms with Gasteiger partial charge in [-0.05, 0) is 20.2 Å². The number of carbonyl (C=O) groups is 1. The van der Waals surface area contributed by atoms with Crippen molar-refractivity contribution < 1.29 is 22.7 Å². The van der Waals surface area contributed by atoms with Crippen molar-refractivity contribution in [2.75, 3.05) is 46.9 Å². The van der Waals surface area contributed by atoms with Crippen LogP contribution in [0.2, 0.25) is 5.02 Å². The summed E-state index contributed by atoms with van der Waals surface area (Å²) in [5.74, 6) is 0.0985. The largest absolute Gasteiger partial charge is 0.474 e. The molecule has 1 fully saturated rings. The molecule has 1 saturated heterocycles. The van der Waals surface area contributed by atoms with E-state index in [0.29, 0.717) is 26.2 Å². The van der Waals surface area contributed by atoms with Crippen LogP contribution in [-0.2, 0) is 19.6 Å². The van der Waals surface area contributed by atoms with Gasteiger partial charge in [0, 0.05) is 6.54 Å². The smallest absolute Gasteiger partial charge is 0.239 e. The first-order chi connectivity index (χ1) is 11.7. The van der Waals surface area contributed by atoms with E-state index in [1.807, 2.05) is 14.1 Å². The zero-order chi connectivity index (χ0) is 18.6. The normalized spacial score (nSPS) is 18.4. The Labute approximate surface area is 151 Å². The minimum Gasteiger partial charge on any atom is -0.474 e. The van der Waals surface area contributed by atoms with E-state index in [0.717, 1.165) is 6.20 Å². The number of rotatable bonds is 6. The second-order valence-corrected chi connectivity index (χ2v) is 7.85. The van der Waals surface area contributed by atoms with Crippen LogP contribution in [0.25, 0.3) is 0 Å². The second-order valence-electron chi connectivity index (χ2n) is 5.88. The third-order valence-electron chi connectivity index (χ3n) is 3.46. The number of aromatic nitrogens is 1. The van der Waals surface area contributed by atoms with Crippen LogP contribution in [0, 0.1) is 0 Å². The molecular weight excluding hydrogens is 372 g/mol. The molecule has 0 radical (unpaired) electrons. The average molecular weight is 393 g/mol. The number of carbonyl (C=O) groups excluding carboxylic acids is 1. The molecule has 0 saturated carbocycles. The molecule has 1 amide bonds. The molecule has 140 valence electrons. The van der Waals surface area contributed by atoms with Crippen LogP contribution in [0.1, 0.15) is 0 Å². The van der Waals surface area contributed by atoms with Crippen LogP contribution in [0.5, 0.6) is 5.88 Å². The fraction of sp³-hybridized carbons (Fsp3) is 0.571. The summed E-state index contributed by atoms with van der Waals surface area (Å²) >= 11 is 5.97. The molecule has 0 aromatic carbocycles. The highest BCUT2D eigenvalue weighted by Gasteiger charge is 2.25. The van der Waals surface area contributed by atoms with Gasteiger partial charge in [-0.15, -0.1) is 0 Å². The Balaban J connectivity index is 1.94. The molecule has 0 aliphatic carbocycles. The van der Waals surface area contributed by atoms with E-state index in [1.54, 1.807) is 9.80 Å². The molecule has 1 aromatic heterocycles. The third kappa shape index (κ3) is 5.79. The Bertz CT molecular complexity index is 728. The lowest BCUT2D eigenvalue weighted by atomic mass is 10.2. The molecule has 25 heavy (non-hydrogen) atoms. The second kappa shape index (κ2) is 8.28. The predicted octanol–water partition coefficient (Wildman–Crippen LogP) is -0.450. The number of hydrogen-bond donors (Lipinski definition) is 1. The van der Waals surface area contributed by atoms with E-state index in [-0.39, 0.29) is 34.4 Å². The molecule has 9 nitrogen and oxygen atoms in total. The van der Waals surface area contributed by atoms with E-state index in [1.165, 1.54) is 6.07 Å². The molecule has 0 spiro atoms. The average Bonchev–Trinajstić information content (AvgIpc) is 2.52. The number of morpholine rings is 1. The van der Waals surface area contributed by atoms with Crippen LogP contribution < -0.4 is 9.88 Å². The molecule has 11 heteroatoms. The molecule has 0 unspecified atom stereocenters. The molecule has 1 aliphatic heterocycles. The van der Waals surface area contributed by atoms with Crippen molar-refractivity contribution >= 4 is 27.5 Å². The summed E-state index contributed by atoms with van der Waals surface area (Å²) in [6, 6.07) is 1.17. The van der Waals surface area contributed by atoms with E-state index in [9.17, 15) is 13.2 Å². The Kier molecular flexibility index (Phi) is 6.58. The summed E-state index contributed by atoms with van der Waals surface area (Å²) in [4.78, 5) is 19.3. The van der Waals surface area contributed by atoms with Gasteiger partial charge in [-0.3, -0.25) is 4.79 Å². The van der Waals surface area contributed by atoms with Crippen LogP contribution in [0.15, 0.2) is 17.2 Å². The van der Waals surface area contributed by atoms with Crippen molar-refractivity contribution in [1.29, 1.82) is 0 Å². The van der Waals surface area contributed by atoms with Gasteiger partial charge in [-0.2, -0.15) is 0 Å². The summed E-state index contributed by atoms with van der Waals surface area (Å²) in [5, 5.41) is 5.05. The van der Waals surface area contributed by atoms with Gasteiger partial charge in [0.1, 0.15) is 22.6 Å². The van der Waals surface area contributed by atoms with Gasteiger partial charge in [-0.1, -0.05) is 11.6 Å². The van der Waals surface area contributed by atoms with Gasteiger partial charge >= 0.3 is 0 Å². The van der Waals surface area contributed by atoms with E-state index in [2.05, 4.69) is 4.98 Å². The molecule has 2 N–H and O–H groups in total. The Morgan fingerprint density at radius 1 is 1.56 bits per heavy atom. The highest BCUT2D eigenvalue weighted by molar-refractivity contribution is 7.89. The topological polar surface area (TPSA) is 115 Å². The van der Waals surface area contributed by atoms with Gasteiger partial charge in [0.15, 0.2) is 0 Å². The monoisotopic (exact) mass is 392 g/mol. The summed E-state index contributed by atoms with van der Waals surface area (Å²) in [6.45, 7) is 1.81. The number of amides is 1. The van der Waals surface area contributed by atoms with E-state index >= 15 is 0 Å². The molecule has 1 aliphatic rings. The van der Waals surface area contributed by atoms with Crippen molar-refractivity contribution in [3.8, 4) is 5.88 Å². The number of sulfonamides is 1. The Morgan fingerprint density at radius 3 is 2.88 bits per heavy atom. The van der Waals surface area contributed by atoms with Crippen LogP contribution in [-0.4, -0.2) is 82.2 Å². The number of pyridine rings is 1. The fourth-order valence-corrected chi connectivity index (χ4v) is 3.03. The zero-order valence-corrected chi connectivity index (χ0v) is 15.6. The summed E-state index contributed by atoms with van der Waals surface area (Å²) in [6.07, 6.45) is 0.751. The van der Waals surface area contributed by atoms with Crippen molar-refractivity contribution in [3.05, 3.63) is 17.3 Å². The first-order valence-electron chi connectivity index (χ1n) is 7.52. The Hall–Kier alpha value is -1.46. The molecule has 1 atom stereocenters. The van der Waals surface area contributed by atoms with Crippen LogP contribution in [0.4, 0.5) is 0 Å². The van der Waals surface area contributed by atoms with Gasteiger partial charge < -0.3 is 19.3 Å². The number of primary sulfonamides is 1. The fourth-order valence-electron chi connectivity index (χ4n) is 2.26. The standard InChI is InChI=1S/C14H21ClN4O5S/c1-18(2)8-13(20)19-3-4-23-10(7-19)9-24-14-12(15)5-11(6-17-14)25(16,21)22/h5-6,10H,3-4,7-9H2,1-2H3,(H2,16,21,22)/t10-/m0/s1. The maximum absolute atomic E-state index is 12.1. The number of hydrogen-bond acceptors (Lipinski definition) is 7. The van der Waals surface area contributed by atoms with E-state index in [4.69, 9.17) is 26.2 Å². The number of nitrogens with zero attached hydrogens (tertiary/aromatic N) is 3. The molecule has 2 rings (SSSR count). The van der Waals surface area contributed by atoms with Crippen molar-refractivity contribution in [1.82, 2.24) is 14.8 Å². The number of ether oxygens (including phenoxy) is 2. The number of nitrogens with two attached hydrogens (primary N) is 1. The number of halogens is 1. The maximum Gasteiger partial charge on any atom is 0.239 e. The van der Waals surface area contributed by atoms with Gasteiger partial charge in [-0.25, -0.2) is 18.5 Å². The predicted molar refractivity (Wildman–Crippen MR) is 91.0 cm³/mol. The highest BCUT2D eigenvalue weighted by atomic mass is 35.5. The van der Waals surface area contributed by atoms with Crippen molar-refractivity contribution in [2.45, 2.75) is 11.0 Å². The van der Waals surface area contributed by atoms with Crippen molar-refractivity contribution in [3.63, 3.8) is 0 Å². The summed E-state index contributed by atoms with van der Waals surface area (Å²) in [5.41, 5.74) is 0. The molecule has 2 heterocycles. The summed E-state index contributed by atoms with van der Waals surface area (Å²) in [7, 11) is -0.217.